The number of benzene rings is 1. The van der Waals surface area contributed by atoms with Crippen LogP contribution in [0.2, 0.25) is 19.6 Å². The van der Waals surface area contributed by atoms with Crippen LogP contribution in [0.15, 0.2) is 52.6 Å². The van der Waals surface area contributed by atoms with Gasteiger partial charge >= 0.3 is 23.9 Å². The molecule has 2 heterocycles. The van der Waals surface area contributed by atoms with Gasteiger partial charge in [0.25, 0.3) is 0 Å². The van der Waals surface area contributed by atoms with Gasteiger partial charge in [0.2, 0.25) is 0 Å². The lowest BCUT2D eigenvalue weighted by Gasteiger charge is -2.45. The first-order chi connectivity index (χ1) is 28.0. The molecule has 3 N–H and O–H groups in total. The Morgan fingerprint density at radius 3 is 1.89 bits per heavy atom. The summed E-state index contributed by atoms with van der Waals surface area (Å²) in [6.07, 6.45) is -1.78. The molecular formula is C46H64O14Si. The molecule has 1 aromatic rings. The van der Waals surface area contributed by atoms with Crippen LogP contribution in [0, 0.1) is 23.7 Å². The van der Waals surface area contributed by atoms with Crippen molar-refractivity contribution in [3.63, 3.8) is 0 Å². The summed E-state index contributed by atoms with van der Waals surface area (Å²) < 4.78 is 36.0. The Hall–Kier alpha value is -3.73. The molecule has 0 radical (unpaired) electrons. The Kier molecular flexibility index (Phi) is 11.9. The van der Waals surface area contributed by atoms with E-state index in [0.717, 1.165) is 23.1 Å². The van der Waals surface area contributed by atoms with Crippen molar-refractivity contribution in [1.82, 2.24) is 0 Å². The lowest BCUT2D eigenvalue weighted by molar-refractivity contribution is -0.206. The van der Waals surface area contributed by atoms with Gasteiger partial charge in [-0.1, -0.05) is 49.8 Å². The highest BCUT2D eigenvalue weighted by molar-refractivity contribution is 6.70. The van der Waals surface area contributed by atoms with E-state index in [9.17, 15) is 39.3 Å². The number of esters is 4. The van der Waals surface area contributed by atoms with Gasteiger partial charge in [-0.05, 0) is 108 Å². The fourth-order valence-corrected chi connectivity index (χ4v) is 12.9. The molecule has 0 unspecified atom stereocenters. The number of hydrogen-bond acceptors (Lipinski definition) is 14. The molecule has 2 saturated carbocycles. The van der Waals surface area contributed by atoms with Crippen LogP contribution in [-0.4, -0.2) is 105 Å². The first-order valence-corrected chi connectivity index (χ1v) is 24.7. The number of ether oxygens (including phenoxy) is 5. The van der Waals surface area contributed by atoms with Gasteiger partial charge in [0.05, 0.1) is 12.7 Å². The summed E-state index contributed by atoms with van der Waals surface area (Å²) in [7, 11) is -2.34. The molecule has 0 bridgehead atoms. The Morgan fingerprint density at radius 2 is 1.33 bits per heavy atom. The first kappa shape index (κ1) is 46.8. The van der Waals surface area contributed by atoms with Crippen LogP contribution in [0.1, 0.15) is 100 Å². The molecule has 4 fully saturated rings. The fraction of sp³-hybridized carbons (Fsp3) is 0.674. The van der Waals surface area contributed by atoms with Gasteiger partial charge in [0, 0.05) is 38.5 Å². The molecule has 7 rings (SSSR count). The van der Waals surface area contributed by atoms with E-state index in [2.05, 4.69) is 6.92 Å². The van der Waals surface area contributed by atoms with Gasteiger partial charge in [-0.2, -0.15) is 0 Å². The summed E-state index contributed by atoms with van der Waals surface area (Å²) in [5.41, 5.74) is -5.85. The smallest absolute Gasteiger partial charge is 0.341 e. The van der Waals surface area contributed by atoms with Gasteiger partial charge < -0.3 is 43.4 Å². The van der Waals surface area contributed by atoms with Gasteiger partial charge in [0.15, 0.2) is 43.1 Å². The minimum Gasteiger partial charge on any atom is -0.459 e. The molecule has 15 heteroatoms. The second-order valence-corrected chi connectivity index (χ2v) is 24.5. The van der Waals surface area contributed by atoms with Crippen LogP contribution in [-0.2, 0) is 58.7 Å². The monoisotopic (exact) mass is 868 g/mol. The van der Waals surface area contributed by atoms with Gasteiger partial charge in [-0.25, -0.2) is 9.59 Å². The Morgan fingerprint density at radius 1 is 0.787 bits per heavy atom. The van der Waals surface area contributed by atoms with Crippen LogP contribution in [0.25, 0.3) is 0 Å². The van der Waals surface area contributed by atoms with Crippen molar-refractivity contribution in [3.05, 3.63) is 58.2 Å². The number of Topliss-reactive ketones (excluding diaryl/α,β-unsaturated/α-hetero) is 1. The molecule has 0 spiro atoms. The molecule has 13 atom stereocenters. The molecule has 1 aromatic carbocycles. The summed E-state index contributed by atoms with van der Waals surface area (Å²) in [6, 6.07) is 9.66. The zero-order valence-electron chi connectivity index (χ0n) is 37.8. The Labute approximate surface area is 359 Å². The second-order valence-electron chi connectivity index (χ2n) is 20.0. The molecule has 14 nitrogen and oxygen atoms in total. The topological polar surface area (TPSA) is 201 Å². The van der Waals surface area contributed by atoms with Crippen LogP contribution in [0.4, 0.5) is 0 Å². The van der Waals surface area contributed by atoms with Gasteiger partial charge in [0.1, 0.15) is 16.8 Å². The number of aliphatic hydroxyl groups is 3. The molecule has 0 amide bonds. The maximum absolute atomic E-state index is 13.5. The van der Waals surface area contributed by atoms with E-state index in [4.69, 9.17) is 28.1 Å². The molecule has 61 heavy (non-hydrogen) atoms. The second kappa shape index (κ2) is 15.5. The van der Waals surface area contributed by atoms with Gasteiger partial charge in [-0.3, -0.25) is 14.4 Å². The standard InChI is InChI=1S/C28H40O7Si.C18H24O7/c1-17-14-21-23(18(17)2)24-28(31,27(5,25(30)33-24)35-36(6,7)8)22(15-26(21,4)34-19(3)29)32-16-20-12-10-9-11-13-20;1-8-7-16(4,25-10(3)19)11-6-12(20)9(2)13(11)14-18(8,23)17(5,22)15(21)24-14/h9-13,17,21-22,24,31H,14-16H2,1-8H3;8,11,14,22-23H,6-7H2,1-5H3/t17-,21+,22-,24+,26+,27-,28-;8-,11+,14+,16+,17-,18-/m11/s1. The average molecular weight is 869 g/mol. The summed E-state index contributed by atoms with van der Waals surface area (Å²) in [6.45, 7) is 22.8. The third-order valence-corrected chi connectivity index (χ3v) is 15.5. The van der Waals surface area contributed by atoms with E-state index in [1.165, 1.54) is 20.8 Å². The number of hydrogen-bond donors (Lipinski definition) is 3. The summed E-state index contributed by atoms with van der Waals surface area (Å²) in [4.78, 5) is 62.1. The minimum absolute atomic E-state index is 0.115. The van der Waals surface area contributed by atoms with Crippen molar-refractivity contribution >= 4 is 38.0 Å². The average Bonchev–Trinajstić information content (AvgIpc) is 3.71. The normalized spacial score (nSPS) is 41.6. The largest absolute Gasteiger partial charge is 0.459 e. The summed E-state index contributed by atoms with van der Waals surface area (Å²) in [5.74, 6) is -3.69. The predicted molar refractivity (Wildman–Crippen MR) is 223 cm³/mol. The molecular weight excluding hydrogens is 805 g/mol. The number of rotatable bonds is 7. The Bertz CT molecular complexity index is 2050. The quantitative estimate of drug-likeness (QED) is 0.140. The highest BCUT2D eigenvalue weighted by Crippen LogP contribution is 2.59. The Balaban J connectivity index is 0.000000218. The van der Waals surface area contributed by atoms with Crippen molar-refractivity contribution < 1.29 is 67.4 Å². The van der Waals surface area contributed by atoms with E-state index >= 15 is 0 Å². The van der Waals surface area contributed by atoms with Crippen LogP contribution in [0.3, 0.4) is 0 Å². The van der Waals surface area contributed by atoms with E-state index in [1.807, 2.05) is 63.8 Å². The van der Waals surface area contributed by atoms with Crippen LogP contribution in [0.5, 0.6) is 0 Å². The number of carbonyl (C=O) groups excluding carboxylic acids is 5. The van der Waals surface area contributed by atoms with E-state index < -0.39 is 95.9 Å². The fourth-order valence-electron chi connectivity index (χ4n) is 11.4. The molecule has 2 saturated heterocycles. The maximum Gasteiger partial charge on any atom is 0.341 e. The predicted octanol–water partition coefficient (Wildman–Crippen LogP) is 5.20. The molecule has 2 aliphatic heterocycles. The number of ketones is 1. The highest BCUT2D eigenvalue weighted by atomic mass is 28.4. The van der Waals surface area contributed by atoms with Crippen molar-refractivity contribution in [3.8, 4) is 0 Å². The molecule has 4 aliphatic carbocycles. The lowest BCUT2D eigenvalue weighted by Crippen LogP contribution is -2.67. The van der Waals surface area contributed by atoms with Gasteiger partial charge in [-0.15, -0.1) is 0 Å². The number of fused-ring (bicyclic) bond motifs is 6. The van der Waals surface area contributed by atoms with Crippen molar-refractivity contribution in [2.24, 2.45) is 23.7 Å². The van der Waals surface area contributed by atoms with Crippen molar-refractivity contribution in [2.75, 3.05) is 0 Å². The third-order valence-electron chi connectivity index (χ3n) is 14.5. The summed E-state index contributed by atoms with van der Waals surface area (Å²) in [5, 5.41) is 34.8. The number of allylic oxidation sites excluding steroid dienone is 2. The molecule has 6 aliphatic rings. The lowest BCUT2D eigenvalue weighted by atomic mass is 9.71. The van der Waals surface area contributed by atoms with Crippen LogP contribution < -0.4 is 0 Å². The first-order valence-electron chi connectivity index (χ1n) is 21.3. The molecule has 0 aromatic heterocycles. The maximum atomic E-state index is 13.5. The van der Waals surface area contributed by atoms with E-state index in [-0.39, 0.29) is 43.5 Å². The van der Waals surface area contributed by atoms with Crippen LogP contribution >= 0.6 is 0 Å². The molecule has 336 valence electrons. The zero-order chi connectivity index (χ0) is 45.6. The zero-order valence-corrected chi connectivity index (χ0v) is 38.8. The van der Waals surface area contributed by atoms with E-state index in [1.54, 1.807) is 27.7 Å². The third kappa shape index (κ3) is 7.44. The highest BCUT2D eigenvalue weighted by Gasteiger charge is 2.75. The minimum atomic E-state index is -2.34. The SMILES string of the molecule is CC(=O)O[C@@]1(C)C[C@@H](C)[C@@]2(O)[C@@H](OC(=O)[C@@]2(C)O)C2=C(C)C(=O)C[C@@H]21.CC(=O)O[C@@]1(C)C[C@@H](OCc2ccccc2)[C@@]2(O)[C@@H](OC(=O)[C@@]2(C)O[Si](C)(C)C)C2=C(C)[C@H](C)C[C@@H]21. The van der Waals surface area contributed by atoms with Crippen molar-refractivity contribution in [1.29, 1.82) is 0 Å². The summed E-state index contributed by atoms with van der Waals surface area (Å²) >= 11 is 0. The van der Waals surface area contributed by atoms with Crippen molar-refractivity contribution in [2.45, 2.75) is 173 Å². The number of carbonyl (C=O) groups is 5. The van der Waals surface area contributed by atoms with E-state index in [0.29, 0.717) is 11.1 Å².